The number of benzene rings is 2. The summed E-state index contributed by atoms with van der Waals surface area (Å²) in [5.41, 5.74) is 4.34. The Morgan fingerprint density at radius 3 is 2.41 bits per heavy atom. The Bertz CT molecular complexity index is 1020. The SMILES string of the molecule is Cc1cccc(COn2cccc(C(=O)Nc3cc(C)cc(C)c3)c2=O)c1. The topological polar surface area (TPSA) is 60.3 Å². The number of pyridine rings is 1. The van der Waals surface area contributed by atoms with Crippen LogP contribution in [-0.4, -0.2) is 10.6 Å². The minimum Gasteiger partial charge on any atom is -0.406 e. The second-order valence-electron chi connectivity index (χ2n) is 6.65. The van der Waals surface area contributed by atoms with Gasteiger partial charge < -0.3 is 10.2 Å². The molecule has 0 bridgehead atoms. The number of aromatic nitrogens is 1. The van der Waals surface area contributed by atoms with Gasteiger partial charge in [0.05, 0.1) is 0 Å². The fraction of sp³-hybridized carbons (Fsp3) is 0.182. The molecule has 0 radical (unpaired) electrons. The minimum absolute atomic E-state index is 0.0286. The third-order valence-electron chi connectivity index (χ3n) is 4.09. The highest BCUT2D eigenvalue weighted by Gasteiger charge is 2.13. The molecule has 27 heavy (non-hydrogen) atoms. The number of nitrogens with zero attached hydrogens (tertiary/aromatic N) is 1. The van der Waals surface area contributed by atoms with Crippen molar-refractivity contribution < 1.29 is 9.63 Å². The number of anilines is 1. The van der Waals surface area contributed by atoms with Crippen LogP contribution in [-0.2, 0) is 6.61 Å². The van der Waals surface area contributed by atoms with Gasteiger partial charge in [-0.15, -0.1) is 0 Å². The monoisotopic (exact) mass is 362 g/mol. The molecule has 0 unspecified atom stereocenters. The first-order valence-electron chi connectivity index (χ1n) is 8.72. The van der Waals surface area contributed by atoms with Crippen LogP contribution < -0.4 is 15.7 Å². The first kappa shape index (κ1) is 18.5. The number of amides is 1. The number of hydrogen-bond acceptors (Lipinski definition) is 3. The van der Waals surface area contributed by atoms with E-state index in [4.69, 9.17) is 4.84 Å². The molecule has 5 heteroatoms. The Kier molecular flexibility index (Phi) is 5.41. The van der Waals surface area contributed by atoms with Crippen LogP contribution in [0.3, 0.4) is 0 Å². The van der Waals surface area contributed by atoms with Crippen LogP contribution in [0.15, 0.2) is 65.6 Å². The molecule has 0 spiro atoms. The van der Waals surface area contributed by atoms with E-state index in [9.17, 15) is 9.59 Å². The van der Waals surface area contributed by atoms with Gasteiger partial charge in [0.15, 0.2) is 0 Å². The van der Waals surface area contributed by atoms with Crippen LogP contribution >= 0.6 is 0 Å². The molecule has 0 aliphatic carbocycles. The molecule has 0 aliphatic rings. The summed E-state index contributed by atoms with van der Waals surface area (Å²) in [6.45, 7) is 6.14. The molecule has 3 rings (SSSR count). The smallest absolute Gasteiger partial charge is 0.295 e. The number of hydrogen-bond donors (Lipinski definition) is 1. The fourth-order valence-electron chi connectivity index (χ4n) is 2.94. The maximum absolute atomic E-state index is 12.6. The van der Waals surface area contributed by atoms with Gasteiger partial charge in [0.1, 0.15) is 12.2 Å². The summed E-state index contributed by atoms with van der Waals surface area (Å²) in [4.78, 5) is 30.7. The number of carbonyl (C=O) groups is 1. The highest BCUT2D eigenvalue weighted by Crippen LogP contribution is 2.14. The van der Waals surface area contributed by atoms with Crippen molar-refractivity contribution in [3.63, 3.8) is 0 Å². The quantitative estimate of drug-likeness (QED) is 0.754. The molecule has 0 fully saturated rings. The zero-order valence-corrected chi connectivity index (χ0v) is 15.7. The number of rotatable bonds is 5. The zero-order valence-electron chi connectivity index (χ0n) is 15.7. The third kappa shape index (κ3) is 4.64. The van der Waals surface area contributed by atoms with E-state index in [0.29, 0.717) is 5.69 Å². The van der Waals surface area contributed by atoms with Crippen molar-refractivity contribution in [1.82, 2.24) is 4.73 Å². The average molecular weight is 362 g/mol. The average Bonchev–Trinajstić information content (AvgIpc) is 2.60. The highest BCUT2D eigenvalue weighted by molar-refractivity contribution is 6.04. The van der Waals surface area contributed by atoms with Gasteiger partial charge in [-0.3, -0.25) is 9.59 Å². The van der Waals surface area contributed by atoms with Crippen molar-refractivity contribution in [2.75, 3.05) is 5.32 Å². The van der Waals surface area contributed by atoms with E-state index in [1.54, 1.807) is 6.07 Å². The van der Waals surface area contributed by atoms with Gasteiger partial charge in [-0.1, -0.05) is 35.9 Å². The first-order chi connectivity index (χ1) is 12.9. The van der Waals surface area contributed by atoms with Crippen LogP contribution in [0.1, 0.15) is 32.6 Å². The number of carbonyl (C=O) groups excluding carboxylic acids is 1. The Morgan fingerprint density at radius 2 is 1.70 bits per heavy atom. The molecule has 5 nitrogen and oxygen atoms in total. The number of nitrogens with one attached hydrogen (secondary N) is 1. The largest absolute Gasteiger partial charge is 0.406 e. The number of aryl methyl sites for hydroxylation is 3. The maximum atomic E-state index is 12.6. The summed E-state index contributed by atoms with van der Waals surface area (Å²) < 4.78 is 1.10. The molecule has 0 atom stereocenters. The van der Waals surface area contributed by atoms with Gasteiger partial charge in [0.25, 0.3) is 11.5 Å². The molecule has 2 aromatic carbocycles. The summed E-state index contributed by atoms with van der Waals surface area (Å²) in [5.74, 6) is -0.460. The summed E-state index contributed by atoms with van der Waals surface area (Å²) in [7, 11) is 0. The van der Waals surface area contributed by atoms with E-state index >= 15 is 0 Å². The predicted molar refractivity (Wildman–Crippen MR) is 106 cm³/mol. The van der Waals surface area contributed by atoms with E-state index in [-0.39, 0.29) is 12.2 Å². The van der Waals surface area contributed by atoms with Gasteiger partial charge >= 0.3 is 0 Å². The second-order valence-corrected chi connectivity index (χ2v) is 6.65. The lowest BCUT2D eigenvalue weighted by Gasteiger charge is -2.11. The van der Waals surface area contributed by atoms with Gasteiger partial charge in [-0.2, -0.15) is 4.73 Å². The van der Waals surface area contributed by atoms with Crippen LogP contribution in [0.5, 0.6) is 0 Å². The Labute approximate surface area is 158 Å². The summed E-state index contributed by atoms with van der Waals surface area (Å²) >= 11 is 0. The van der Waals surface area contributed by atoms with Crippen LogP contribution in [0, 0.1) is 20.8 Å². The lowest BCUT2D eigenvalue weighted by atomic mass is 10.1. The van der Waals surface area contributed by atoms with Crippen molar-refractivity contribution in [1.29, 1.82) is 0 Å². The molecule has 1 aromatic heterocycles. The van der Waals surface area contributed by atoms with E-state index in [0.717, 1.165) is 27.0 Å². The Balaban J connectivity index is 1.77. The molecule has 1 N–H and O–H groups in total. The molecular formula is C22H22N2O3. The molecule has 0 saturated heterocycles. The molecule has 0 aliphatic heterocycles. The highest BCUT2D eigenvalue weighted by atomic mass is 16.7. The minimum atomic E-state index is -0.493. The molecule has 0 saturated carbocycles. The second kappa shape index (κ2) is 7.91. The maximum Gasteiger partial charge on any atom is 0.295 e. The fourth-order valence-corrected chi connectivity index (χ4v) is 2.94. The summed E-state index contributed by atoms with van der Waals surface area (Å²) in [6.07, 6.45) is 1.51. The van der Waals surface area contributed by atoms with Crippen molar-refractivity contribution in [2.24, 2.45) is 0 Å². The predicted octanol–water partition coefficient (Wildman–Crippen LogP) is 3.65. The normalized spacial score (nSPS) is 10.5. The van der Waals surface area contributed by atoms with Crippen molar-refractivity contribution in [3.05, 3.63) is 99.0 Å². The van der Waals surface area contributed by atoms with Gasteiger partial charge in [-0.05, 0) is 61.7 Å². The standard InChI is InChI=1S/C22H22N2O3/c1-15-6-4-7-18(11-15)14-27-24-9-5-8-20(22(24)26)21(25)23-19-12-16(2)10-17(3)13-19/h4-13H,14H2,1-3H3,(H,23,25). The lowest BCUT2D eigenvalue weighted by Crippen LogP contribution is -2.32. The van der Waals surface area contributed by atoms with E-state index in [1.807, 2.05) is 63.2 Å². The molecule has 1 heterocycles. The molecule has 138 valence electrons. The van der Waals surface area contributed by atoms with Gasteiger partial charge in [0, 0.05) is 11.9 Å². The summed E-state index contributed by atoms with van der Waals surface area (Å²) in [6, 6.07) is 16.7. The zero-order chi connectivity index (χ0) is 19.4. The Morgan fingerprint density at radius 1 is 0.963 bits per heavy atom. The first-order valence-corrected chi connectivity index (χ1v) is 8.72. The summed E-state index contributed by atoms with van der Waals surface area (Å²) in [5, 5.41) is 2.78. The van der Waals surface area contributed by atoms with Gasteiger partial charge in [0.2, 0.25) is 0 Å². The van der Waals surface area contributed by atoms with Crippen molar-refractivity contribution in [2.45, 2.75) is 27.4 Å². The van der Waals surface area contributed by atoms with Crippen molar-refractivity contribution >= 4 is 11.6 Å². The molecular weight excluding hydrogens is 340 g/mol. The van der Waals surface area contributed by atoms with Crippen molar-refractivity contribution in [3.8, 4) is 0 Å². The van der Waals surface area contributed by atoms with E-state index < -0.39 is 11.5 Å². The van der Waals surface area contributed by atoms with Gasteiger partial charge in [-0.25, -0.2) is 0 Å². The third-order valence-corrected chi connectivity index (χ3v) is 4.09. The Hall–Kier alpha value is -3.34. The van der Waals surface area contributed by atoms with Crippen LogP contribution in [0.4, 0.5) is 5.69 Å². The lowest BCUT2D eigenvalue weighted by molar-refractivity contribution is 0.0863. The molecule has 1 amide bonds. The van der Waals surface area contributed by atoms with Crippen LogP contribution in [0.2, 0.25) is 0 Å². The molecule has 3 aromatic rings. The van der Waals surface area contributed by atoms with E-state index in [1.165, 1.54) is 12.3 Å². The van der Waals surface area contributed by atoms with E-state index in [2.05, 4.69) is 5.32 Å². The van der Waals surface area contributed by atoms with Crippen LogP contribution in [0.25, 0.3) is 0 Å².